The summed E-state index contributed by atoms with van der Waals surface area (Å²) in [6.45, 7) is 6.70. The van der Waals surface area contributed by atoms with Crippen molar-refractivity contribution < 1.29 is 0 Å². The Morgan fingerprint density at radius 1 is 1.29 bits per heavy atom. The van der Waals surface area contributed by atoms with Gasteiger partial charge in [0, 0.05) is 19.1 Å². The molecule has 1 atom stereocenters. The molecule has 0 aliphatic carbocycles. The van der Waals surface area contributed by atoms with E-state index in [0.29, 0.717) is 6.04 Å². The van der Waals surface area contributed by atoms with Gasteiger partial charge in [0.05, 0.1) is 11.9 Å². The van der Waals surface area contributed by atoms with Crippen molar-refractivity contribution in [1.29, 1.82) is 0 Å². The van der Waals surface area contributed by atoms with Gasteiger partial charge < -0.3 is 10.2 Å². The number of pyridine rings is 1. The second-order valence-electron chi connectivity index (χ2n) is 4.91. The Morgan fingerprint density at radius 2 is 2.06 bits per heavy atom. The van der Waals surface area contributed by atoms with Crippen LogP contribution in [0.25, 0.3) is 0 Å². The van der Waals surface area contributed by atoms with Crippen LogP contribution in [-0.4, -0.2) is 24.1 Å². The molecule has 2 rings (SSSR count). The fourth-order valence-corrected chi connectivity index (χ4v) is 2.17. The van der Waals surface area contributed by atoms with Gasteiger partial charge in [-0.1, -0.05) is 6.92 Å². The molecule has 2 heterocycles. The van der Waals surface area contributed by atoms with Gasteiger partial charge in [-0.3, -0.25) is 0 Å². The summed E-state index contributed by atoms with van der Waals surface area (Å²) in [5, 5.41) is 3.44. The predicted molar refractivity (Wildman–Crippen MR) is 73.7 cm³/mol. The first-order valence-electron chi connectivity index (χ1n) is 6.77. The van der Waals surface area contributed by atoms with Gasteiger partial charge in [0.25, 0.3) is 0 Å². The van der Waals surface area contributed by atoms with E-state index >= 15 is 0 Å². The number of hydrogen-bond donors (Lipinski definition) is 1. The standard InChI is InChI=1S/C14H23N3/c1-3-12(2)16-13-7-8-14(15-11-13)17-9-5-4-6-10-17/h7-8,11-12,16H,3-6,9-10H2,1-2H3. The average molecular weight is 233 g/mol. The second kappa shape index (κ2) is 5.89. The molecule has 1 saturated heterocycles. The first-order valence-corrected chi connectivity index (χ1v) is 6.77. The summed E-state index contributed by atoms with van der Waals surface area (Å²) in [6.07, 6.45) is 7.05. The molecule has 1 aromatic rings. The molecule has 0 saturated carbocycles. The van der Waals surface area contributed by atoms with Gasteiger partial charge in [-0.25, -0.2) is 4.98 Å². The van der Waals surface area contributed by atoms with E-state index in [1.807, 2.05) is 6.20 Å². The lowest BCUT2D eigenvalue weighted by Crippen LogP contribution is -2.30. The van der Waals surface area contributed by atoms with Crippen LogP contribution >= 0.6 is 0 Å². The van der Waals surface area contributed by atoms with Crippen molar-refractivity contribution in [2.45, 2.75) is 45.6 Å². The highest BCUT2D eigenvalue weighted by atomic mass is 15.2. The zero-order valence-electron chi connectivity index (χ0n) is 10.9. The van der Waals surface area contributed by atoms with Crippen LogP contribution in [0.15, 0.2) is 18.3 Å². The Balaban J connectivity index is 1.97. The Morgan fingerprint density at radius 3 is 2.65 bits per heavy atom. The maximum Gasteiger partial charge on any atom is 0.128 e. The molecule has 3 nitrogen and oxygen atoms in total. The van der Waals surface area contributed by atoms with Gasteiger partial charge in [0.1, 0.15) is 5.82 Å². The lowest BCUT2D eigenvalue weighted by molar-refractivity contribution is 0.573. The summed E-state index contributed by atoms with van der Waals surface area (Å²) >= 11 is 0. The molecular formula is C14H23N3. The first kappa shape index (κ1) is 12.2. The molecule has 0 bridgehead atoms. The van der Waals surface area contributed by atoms with Crippen molar-refractivity contribution in [3.05, 3.63) is 18.3 Å². The van der Waals surface area contributed by atoms with Crippen molar-refractivity contribution >= 4 is 11.5 Å². The van der Waals surface area contributed by atoms with E-state index in [1.165, 1.54) is 19.3 Å². The van der Waals surface area contributed by atoms with Crippen LogP contribution < -0.4 is 10.2 Å². The minimum Gasteiger partial charge on any atom is -0.381 e. The van der Waals surface area contributed by atoms with Crippen LogP contribution in [0.2, 0.25) is 0 Å². The summed E-state index contributed by atoms with van der Waals surface area (Å²) in [5.74, 6) is 1.12. The Bertz CT molecular complexity index is 328. The summed E-state index contributed by atoms with van der Waals surface area (Å²) in [6, 6.07) is 4.79. The summed E-state index contributed by atoms with van der Waals surface area (Å²) in [7, 11) is 0. The summed E-state index contributed by atoms with van der Waals surface area (Å²) in [5.41, 5.74) is 1.13. The molecule has 1 aliphatic heterocycles. The molecule has 0 radical (unpaired) electrons. The quantitative estimate of drug-likeness (QED) is 0.865. The van der Waals surface area contributed by atoms with Gasteiger partial charge in [-0.05, 0) is 44.7 Å². The molecule has 1 N–H and O–H groups in total. The summed E-state index contributed by atoms with van der Waals surface area (Å²) < 4.78 is 0. The highest BCUT2D eigenvalue weighted by Crippen LogP contribution is 2.19. The van der Waals surface area contributed by atoms with Gasteiger partial charge in [-0.2, -0.15) is 0 Å². The minimum absolute atomic E-state index is 0.512. The molecule has 1 aromatic heterocycles. The van der Waals surface area contributed by atoms with Crippen LogP contribution in [0.3, 0.4) is 0 Å². The van der Waals surface area contributed by atoms with Crippen molar-refractivity contribution in [3.63, 3.8) is 0 Å². The number of aromatic nitrogens is 1. The molecule has 1 aliphatic rings. The Labute approximate surface area is 104 Å². The summed E-state index contributed by atoms with van der Waals surface area (Å²) in [4.78, 5) is 6.94. The van der Waals surface area contributed by atoms with Crippen LogP contribution in [-0.2, 0) is 0 Å². The molecule has 17 heavy (non-hydrogen) atoms. The number of rotatable bonds is 4. The molecule has 0 aromatic carbocycles. The van der Waals surface area contributed by atoms with Crippen molar-refractivity contribution in [2.75, 3.05) is 23.3 Å². The first-order chi connectivity index (χ1) is 8.29. The van der Waals surface area contributed by atoms with Crippen LogP contribution in [0.4, 0.5) is 11.5 Å². The SMILES string of the molecule is CCC(C)Nc1ccc(N2CCCCC2)nc1. The van der Waals surface area contributed by atoms with E-state index < -0.39 is 0 Å². The lowest BCUT2D eigenvalue weighted by Gasteiger charge is -2.27. The fourth-order valence-electron chi connectivity index (χ4n) is 2.17. The lowest BCUT2D eigenvalue weighted by atomic mass is 10.1. The molecular weight excluding hydrogens is 210 g/mol. The van der Waals surface area contributed by atoms with Crippen LogP contribution in [0.1, 0.15) is 39.5 Å². The van der Waals surface area contributed by atoms with Crippen molar-refractivity contribution in [2.24, 2.45) is 0 Å². The van der Waals surface area contributed by atoms with Gasteiger partial charge >= 0.3 is 0 Å². The third-order valence-corrected chi connectivity index (χ3v) is 3.45. The second-order valence-corrected chi connectivity index (χ2v) is 4.91. The average Bonchev–Trinajstić information content (AvgIpc) is 2.40. The maximum absolute atomic E-state index is 4.55. The number of hydrogen-bond acceptors (Lipinski definition) is 3. The van der Waals surface area contributed by atoms with Gasteiger partial charge in [0.15, 0.2) is 0 Å². The highest BCUT2D eigenvalue weighted by molar-refractivity contribution is 5.49. The number of nitrogens with zero attached hydrogens (tertiary/aromatic N) is 2. The maximum atomic E-state index is 4.55. The van der Waals surface area contributed by atoms with E-state index in [4.69, 9.17) is 0 Å². The molecule has 3 heteroatoms. The minimum atomic E-state index is 0.512. The smallest absolute Gasteiger partial charge is 0.128 e. The molecule has 0 amide bonds. The predicted octanol–water partition coefficient (Wildman–Crippen LogP) is 3.28. The molecule has 0 spiro atoms. The van der Waals surface area contributed by atoms with Gasteiger partial charge in [-0.15, -0.1) is 0 Å². The molecule has 1 fully saturated rings. The van der Waals surface area contributed by atoms with E-state index in [9.17, 15) is 0 Å². The van der Waals surface area contributed by atoms with Crippen molar-refractivity contribution in [1.82, 2.24) is 4.98 Å². The van der Waals surface area contributed by atoms with Crippen molar-refractivity contribution in [3.8, 4) is 0 Å². The zero-order valence-corrected chi connectivity index (χ0v) is 10.9. The van der Waals surface area contributed by atoms with E-state index in [2.05, 4.69) is 41.2 Å². The van der Waals surface area contributed by atoms with E-state index in [-0.39, 0.29) is 0 Å². The van der Waals surface area contributed by atoms with E-state index in [0.717, 1.165) is 31.0 Å². The third-order valence-electron chi connectivity index (χ3n) is 3.45. The third kappa shape index (κ3) is 3.35. The highest BCUT2D eigenvalue weighted by Gasteiger charge is 2.11. The normalized spacial score (nSPS) is 17.9. The topological polar surface area (TPSA) is 28.2 Å². The van der Waals surface area contributed by atoms with Gasteiger partial charge in [0.2, 0.25) is 0 Å². The Kier molecular flexibility index (Phi) is 4.24. The largest absolute Gasteiger partial charge is 0.381 e. The monoisotopic (exact) mass is 233 g/mol. The van der Waals surface area contributed by atoms with Crippen LogP contribution in [0, 0.1) is 0 Å². The van der Waals surface area contributed by atoms with E-state index in [1.54, 1.807) is 0 Å². The number of anilines is 2. The zero-order chi connectivity index (χ0) is 12.1. The molecule has 1 unspecified atom stereocenters. The number of piperidine rings is 1. The Hall–Kier alpha value is -1.25. The fraction of sp³-hybridized carbons (Fsp3) is 0.643. The van der Waals surface area contributed by atoms with Crippen LogP contribution in [0.5, 0.6) is 0 Å². The number of nitrogens with one attached hydrogen (secondary N) is 1. The molecule has 94 valence electrons.